The van der Waals surface area contributed by atoms with Crippen molar-refractivity contribution in [2.45, 2.75) is 13.3 Å². The summed E-state index contributed by atoms with van der Waals surface area (Å²) in [4.78, 5) is 25.9. The molecule has 6 nitrogen and oxygen atoms in total. The van der Waals surface area contributed by atoms with Gasteiger partial charge in [0, 0.05) is 54.9 Å². The Morgan fingerprint density at radius 1 is 1.11 bits per heavy atom. The highest BCUT2D eigenvalue weighted by molar-refractivity contribution is 6.31. The normalized spacial score (nSPS) is 18.0. The van der Waals surface area contributed by atoms with Gasteiger partial charge in [0.15, 0.2) is 0 Å². The Morgan fingerprint density at radius 3 is 2.81 bits per heavy atom. The predicted octanol–water partition coefficient (Wildman–Crippen LogP) is 2.73. The zero-order valence-electron chi connectivity index (χ0n) is 15.2. The molecule has 2 aromatic carbocycles. The van der Waals surface area contributed by atoms with Gasteiger partial charge in [0.2, 0.25) is 5.91 Å². The summed E-state index contributed by atoms with van der Waals surface area (Å²) in [7, 11) is 0. The van der Waals surface area contributed by atoms with Crippen LogP contribution >= 0.6 is 0 Å². The number of carbonyl (C=O) groups excluding carboxylic acids is 2. The second-order valence-electron chi connectivity index (χ2n) is 6.79. The molecule has 0 spiro atoms. The second kappa shape index (κ2) is 7.15. The molecular weight excluding hydrogens is 340 g/mol. The monoisotopic (exact) mass is 362 g/mol. The number of carbonyl (C=O) groups is 2. The highest BCUT2D eigenvalue weighted by atomic mass is 16.2. The first kappa shape index (κ1) is 17.1. The number of fused-ring (bicyclic) bond motifs is 1. The summed E-state index contributed by atoms with van der Waals surface area (Å²) in [6.07, 6.45) is 2.27. The van der Waals surface area contributed by atoms with Crippen molar-refractivity contribution in [3.05, 3.63) is 59.8 Å². The van der Waals surface area contributed by atoms with Gasteiger partial charge in [-0.1, -0.05) is 18.2 Å². The van der Waals surface area contributed by atoms with Crippen molar-refractivity contribution in [3.63, 3.8) is 0 Å². The molecule has 1 fully saturated rings. The maximum Gasteiger partial charge on any atom is 0.257 e. The molecule has 138 valence electrons. The van der Waals surface area contributed by atoms with Gasteiger partial charge >= 0.3 is 0 Å². The molecule has 2 heterocycles. The Kier molecular flexibility index (Phi) is 4.54. The number of amides is 2. The van der Waals surface area contributed by atoms with Gasteiger partial charge in [-0.25, -0.2) is 0 Å². The van der Waals surface area contributed by atoms with Crippen LogP contribution in [0.1, 0.15) is 17.5 Å². The molecule has 1 saturated heterocycles. The van der Waals surface area contributed by atoms with Crippen molar-refractivity contribution >= 4 is 34.4 Å². The van der Waals surface area contributed by atoms with E-state index in [1.54, 1.807) is 6.20 Å². The van der Waals surface area contributed by atoms with Crippen LogP contribution in [0.25, 0.3) is 5.57 Å². The minimum Gasteiger partial charge on any atom is -0.369 e. The molecule has 0 aromatic heterocycles. The van der Waals surface area contributed by atoms with Gasteiger partial charge < -0.3 is 20.9 Å². The number of nitrogens with one attached hydrogen (secondary N) is 3. The van der Waals surface area contributed by atoms with Crippen LogP contribution in [0, 0.1) is 6.92 Å². The molecule has 6 heteroatoms. The van der Waals surface area contributed by atoms with Gasteiger partial charge in [-0.3, -0.25) is 9.59 Å². The molecule has 0 saturated carbocycles. The van der Waals surface area contributed by atoms with Gasteiger partial charge in [-0.15, -0.1) is 0 Å². The van der Waals surface area contributed by atoms with Gasteiger partial charge in [0.25, 0.3) is 5.91 Å². The topological polar surface area (TPSA) is 73.5 Å². The number of hydrogen-bond acceptors (Lipinski definition) is 4. The van der Waals surface area contributed by atoms with E-state index in [-0.39, 0.29) is 11.8 Å². The average molecular weight is 362 g/mol. The molecule has 4 rings (SSSR count). The lowest BCUT2D eigenvalue weighted by atomic mass is 10.1. The Morgan fingerprint density at radius 2 is 1.96 bits per heavy atom. The molecule has 27 heavy (non-hydrogen) atoms. The van der Waals surface area contributed by atoms with E-state index in [4.69, 9.17) is 0 Å². The maximum atomic E-state index is 12.2. The summed E-state index contributed by atoms with van der Waals surface area (Å²) in [6, 6.07) is 13.8. The van der Waals surface area contributed by atoms with Crippen LogP contribution in [0.4, 0.5) is 17.1 Å². The van der Waals surface area contributed by atoms with E-state index in [9.17, 15) is 9.59 Å². The van der Waals surface area contributed by atoms with Crippen molar-refractivity contribution in [3.8, 4) is 0 Å². The number of para-hydroxylation sites is 1. The van der Waals surface area contributed by atoms with Crippen LogP contribution < -0.4 is 20.9 Å². The molecule has 0 aliphatic carbocycles. The van der Waals surface area contributed by atoms with E-state index in [2.05, 4.69) is 39.9 Å². The SMILES string of the molecule is Cc1cc(NC=C2C(=O)Nc3ccccc32)ccc1N1CCNC(=O)CC1. The first-order valence-electron chi connectivity index (χ1n) is 9.11. The van der Waals surface area contributed by atoms with Crippen molar-refractivity contribution < 1.29 is 9.59 Å². The largest absolute Gasteiger partial charge is 0.369 e. The molecule has 0 radical (unpaired) electrons. The molecule has 3 N–H and O–H groups in total. The number of rotatable bonds is 3. The Hall–Kier alpha value is -3.28. The Balaban J connectivity index is 1.52. The summed E-state index contributed by atoms with van der Waals surface area (Å²) < 4.78 is 0. The standard InChI is InChI=1S/C21H22N4O2/c1-14-12-15(6-7-19(14)25-10-8-20(26)22-9-11-25)23-13-17-16-4-2-3-5-18(16)24-21(17)27/h2-7,12-13,23H,8-11H2,1H3,(H,22,26)(H,24,27). The van der Waals surface area contributed by atoms with Crippen molar-refractivity contribution in [2.24, 2.45) is 0 Å². The van der Waals surface area contributed by atoms with E-state index in [0.29, 0.717) is 18.5 Å². The molecule has 2 amide bonds. The number of benzene rings is 2. The Bertz CT molecular complexity index is 936. The first-order valence-corrected chi connectivity index (χ1v) is 9.11. The number of hydrogen-bond donors (Lipinski definition) is 3. The van der Waals surface area contributed by atoms with Gasteiger partial charge in [0.05, 0.1) is 5.57 Å². The number of aryl methyl sites for hydroxylation is 1. The van der Waals surface area contributed by atoms with Gasteiger partial charge in [-0.05, 0) is 36.8 Å². The zero-order valence-corrected chi connectivity index (χ0v) is 15.2. The van der Waals surface area contributed by atoms with Crippen LogP contribution in [-0.4, -0.2) is 31.4 Å². The molecule has 0 bridgehead atoms. The summed E-state index contributed by atoms with van der Waals surface area (Å²) in [5.74, 6) is 0.00830. The molecular formula is C21H22N4O2. The molecule has 2 aliphatic heterocycles. The lowest BCUT2D eigenvalue weighted by molar-refractivity contribution is -0.120. The van der Waals surface area contributed by atoms with E-state index < -0.39 is 0 Å². The van der Waals surface area contributed by atoms with Crippen molar-refractivity contribution in [1.82, 2.24) is 5.32 Å². The van der Waals surface area contributed by atoms with Crippen LogP contribution in [0.15, 0.2) is 48.7 Å². The van der Waals surface area contributed by atoms with Crippen LogP contribution in [0.2, 0.25) is 0 Å². The summed E-state index contributed by atoms with van der Waals surface area (Å²) >= 11 is 0. The minimum absolute atomic E-state index is 0.0984. The highest BCUT2D eigenvalue weighted by Crippen LogP contribution is 2.31. The third kappa shape index (κ3) is 3.51. The summed E-state index contributed by atoms with van der Waals surface area (Å²) in [6.45, 7) is 4.26. The van der Waals surface area contributed by atoms with E-state index in [1.165, 1.54) is 0 Å². The van der Waals surface area contributed by atoms with Gasteiger partial charge in [0.1, 0.15) is 0 Å². The highest BCUT2D eigenvalue weighted by Gasteiger charge is 2.23. The summed E-state index contributed by atoms with van der Waals surface area (Å²) in [5, 5.41) is 9.01. The smallest absolute Gasteiger partial charge is 0.257 e. The number of anilines is 3. The van der Waals surface area contributed by atoms with E-state index in [0.717, 1.165) is 41.3 Å². The van der Waals surface area contributed by atoms with Crippen molar-refractivity contribution in [2.75, 3.05) is 35.2 Å². The lowest BCUT2D eigenvalue weighted by Crippen LogP contribution is -2.28. The molecule has 0 atom stereocenters. The first-order chi connectivity index (χ1) is 13.1. The van der Waals surface area contributed by atoms with Gasteiger partial charge in [-0.2, -0.15) is 0 Å². The average Bonchev–Trinajstić information content (AvgIpc) is 2.82. The third-order valence-electron chi connectivity index (χ3n) is 4.94. The van der Waals surface area contributed by atoms with Crippen LogP contribution in [-0.2, 0) is 9.59 Å². The fourth-order valence-electron chi connectivity index (χ4n) is 3.55. The quantitative estimate of drug-likeness (QED) is 0.734. The fourth-order valence-corrected chi connectivity index (χ4v) is 3.55. The lowest BCUT2D eigenvalue weighted by Gasteiger charge is -2.24. The number of nitrogens with zero attached hydrogens (tertiary/aromatic N) is 1. The zero-order chi connectivity index (χ0) is 18.8. The van der Waals surface area contributed by atoms with E-state index in [1.807, 2.05) is 30.3 Å². The van der Waals surface area contributed by atoms with E-state index >= 15 is 0 Å². The van der Waals surface area contributed by atoms with Crippen LogP contribution in [0.5, 0.6) is 0 Å². The molecule has 2 aliphatic rings. The fraction of sp³-hybridized carbons (Fsp3) is 0.238. The van der Waals surface area contributed by atoms with Crippen molar-refractivity contribution in [1.29, 1.82) is 0 Å². The third-order valence-corrected chi connectivity index (χ3v) is 4.94. The Labute approximate surface area is 158 Å². The molecule has 0 unspecified atom stereocenters. The maximum absolute atomic E-state index is 12.2. The molecule has 2 aromatic rings. The second-order valence-corrected chi connectivity index (χ2v) is 6.79. The summed E-state index contributed by atoms with van der Waals surface area (Å²) in [5.41, 5.74) is 5.56. The predicted molar refractivity (Wildman–Crippen MR) is 108 cm³/mol. The minimum atomic E-state index is -0.0984. The van der Waals surface area contributed by atoms with Crippen LogP contribution in [0.3, 0.4) is 0 Å².